The van der Waals surface area contributed by atoms with Gasteiger partial charge in [0.2, 0.25) is 0 Å². The number of hydrogen-bond acceptors (Lipinski definition) is 4. The highest BCUT2D eigenvalue weighted by atomic mass is 16.7. The summed E-state index contributed by atoms with van der Waals surface area (Å²) in [5.74, 6) is 0. The van der Waals surface area contributed by atoms with Crippen LogP contribution in [0.3, 0.4) is 0 Å². The van der Waals surface area contributed by atoms with Gasteiger partial charge in [-0.15, -0.1) is 0 Å². The molecule has 1 aliphatic rings. The smallest absolute Gasteiger partial charge is 0.169 e. The zero-order chi connectivity index (χ0) is 12.8. The van der Waals surface area contributed by atoms with Crippen molar-refractivity contribution < 1.29 is 9.47 Å². The van der Waals surface area contributed by atoms with Gasteiger partial charge < -0.3 is 14.4 Å². The summed E-state index contributed by atoms with van der Waals surface area (Å²) in [6.45, 7) is 5.07. The van der Waals surface area contributed by atoms with Gasteiger partial charge in [-0.2, -0.15) is 0 Å². The Morgan fingerprint density at radius 1 is 1.00 bits per heavy atom. The van der Waals surface area contributed by atoms with Gasteiger partial charge >= 0.3 is 0 Å². The van der Waals surface area contributed by atoms with Crippen LogP contribution < -0.4 is 4.90 Å². The fraction of sp³-hybridized carbons (Fsp3) is 0.571. The minimum atomic E-state index is -0.117. The molecule has 0 bridgehead atoms. The number of hydrogen-bond donors (Lipinski definition) is 0. The maximum atomic E-state index is 5.24. The van der Waals surface area contributed by atoms with Gasteiger partial charge in [-0.1, -0.05) is 18.2 Å². The Kier molecular flexibility index (Phi) is 4.99. The maximum Gasteiger partial charge on any atom is 0.169 e. The van der Waals surface area contributed by atoms with E-state index in [0.717, 1.165) is 32.7 Å². The third-order valence-corrected chi connectivity index (χ3v) is 3.43. The average molecular weight is 250 g/mol. The van der Waals surface area contributed by atoms with Gasteiger partial charge in [0.05, 0.1) is 0 Å². The van der Waals surface area contributed by atoms with Crippen LogP contribution in [-0.4, -0.2) is 58.1 Å². The average Bonchev–Trinajstić information content (AvgIpc) is 2.46. The summed E-state index contributed by atoms with van der Waals surface area (Å²) in [6.07, 6.45) is -0.117. The summed E-state index contributed by atoms with van der Waals surface area (Å²) in [5.41, 5.74) is 1.31. The lowest BCUT2D eigenvalue weighted by atomic mass is 10.2. The minimum absolute atomic E-state index is 0.117. The normalized spacial score (nSPS) is 17.4. The second-order valence-electron chi connectivity index (χ2n) is 4.52. The zero-order valence-corrected chi connectivity index (χ0v) is 11.2. The number of para-hydroxylation sites is 1. The third-order valence-electron chi connectivity index (χ3n) is 3.43. The number of methoxy groups -OCH3 is 2. The second-order valence-corrected chi connectivity index (χ2v) is 4.52. The maximum absolute atomic E-state index is 5.24. The highest BCUT2D eigenvalue weighted by Gasteiger charge is 2.19. The van der Waals surface area contributed by atoms with Crippen molar-refractivity contribution in [2.45, 2.75) is 6.29 Å². The van der Waals surface area contributed by atoms with E-state index in [1.165, 1.54) is 5.69 Å². The Bertz CT molecular complexity index is 333. The molecular weight excluding hydrogens is 228 g/mol. The van der Waals surface area contributed by atoms with Crippen LogP contribution in [-0.2, 0) is 9.47 Å². The quantitative estimate of drug-likeness (QED) is 0.738. The van der Waals surface area contributed by atoms with Gasteiger partial charge in [0.15, 0.2) is 6.29 Å². The first-order valence-corrected chi connectivity index (χ1v) is 6.41. The van der Waals surface area contributed by atoms with Crippen LogP contribution in [0, 0.1) is 0 Å². The van der Waals surface area contributed by atoms with Gasteiger partial charge in [0, 0.05) is 52.6 Å². The summed E-state index contributed by atoms with van der Waals surface area (Å²) < 4.78 is 10.5. The highest BCUT2D eigenvalue weighted by Crippen LogP contribution is 2.15. The number of piperazine rings is 1. The SMILES string of the molecule is COC(CN1CCN(c2ccccc2)CC1)OC. The Morgan fingerprint density at radius 2 is 1.61 bits per heavy atom. The van der Waals surface area contributed by atoms with E-state index in [-0.39, 0.29) is 6.29 Å². The Morgan fingerprint density at radius 3 is 2.17 bits per heavy atom. The molecule has 0 radical (unpaired) electrons. The van der Waals surface area contributed by atoms with Crippen LogP contribution in [0.1, 0.15) is 0 Å². The molecule has 1 aliphatic heterocycles. The second kappa shape index (κ2) is 6.73. The first-order valence-electron chi connectivity index (χ1n) is 6.41. The first kappa shape index (κ1) is 13.3. The molecule has 100 valence electrons. The third kappa shape index (κ3) is 3.45. The number of nitrogens with zero attached hydrogens (tertiary/aromatic N) is 2. The first-order chi connectivity index (χ1) is 8.83. The van der Waals surface area contributed by atoms with Gasteiger partial charge in [0.25, 0.3) is 0 Å². The fourth-order valence-corrected chi connectivity index (χ4v) is 2.28. The Hall–Kier alpha value is -1.10. The van der Waals surface area contributed by atoms with E-state index in [0.29, 0.717) is 0 Å². The van der Waals surface area contributed by atoms with Crippen molar-refractivity contribution in [1.29, 1.82) is 0 Å². The molecule has 18 heavy (non-hydrogen) atoms. The van der Waals surface area contributed by atoms with E-state index in [1.54, 1.807) is 14.2 Å². The predicted octanol–water partition coefficient (Wildman–Crippen LogP) is 1.43. The Balaban J connectivity index is 1.81. The standard InChI is InChI=1S/C14H22N2O2/c1-17-14(18-2)12-15-8-10-16(11-9-15)13-6-4-3-5-7-13/h3-7,14H,8-12H2,1-2H3. The molecule has 1 saturated heterocycles. The topological polar surface area (TPSA) is 24.9 Å². The molecule has 0 saturated carbocycles. The van der Waals surface area contributed by atoms with E-state index in [2.05, 4.69) is 40.1 Å². The van der Waals surface area contributed by atoms with Crippen molar-refractivity contribution in [3.05, 3.63) is 30.3 Å². The van der Waals surface area contributed by atoms with Crippen molar-refractivity contribution in [3.63, 3.8) is 0 Å². The zero-order valence-electron chi connectivity index (χ0n) is 11.2. The summed E-state index contributed by atoms with van der Waals surface area (Å²) >= 11 is 0. The van der Waals surface area contributed by atoms with E-state index >= 15 is 0 Å². The minimum Gasteiger partial charge on any atom is -0.369 e. The molecule has 4 heteroatoms. The molecule has 0 spiro atoms. The molecule has 1 fully saturated rings. The van der Waals surface area contributed by atoms with Gasteiger partial charge in [-0.3, -0.25) is 4.90 Å². The molecule has 0 amide bonds. The monoisotopic (exact) mass is 250 g/mol. The molecule has 4 nitrogen and oxygen atoms in total. The molecular formula is C14H22N2O2. The van der Waals surface area contributed by atoms with Crippen molar-refractivity contribution in [2.24, 2.45) is 0 Å². The van der Waals surface area contributed by atoms with Gasteiger partial charge in [0.1, 0.15) is 0 Å². The molecule has 0 aromatic heterocycles. The van der Waals surface area contributed by atoms with Crippen LogP contribution in [0.4, 0.5) is 5.69 Å². The lowest BCUT2D eigenvalue weighted by molar-refractivity contribution is -0.116. The van der Waals surface area contributed by atoms with Crippen molar-refractivity contribution in [2.75, 3.05) is 51.8 Å². The van der Waals surface area contributed by atoms with Crippen LogP contribution in [0.2, 0.25) is 0 Å². The summed E-state index contributed by atoms with van der Waals surface area (Å²) in [7, 11) is 3.38. The molecule has 2 rings (SSSR count). The molecule has 0 unspecified atom stereocenters. The highest BCUT2D eigenvalue weighted by molar-refractivity contribution is 5.46. The van der Waals surface area contributed by atoms with Crippen LogP contribution >= 0.6 is 0 Å². The number of rotatable bonds is 5. The van der Waals surface area contributed by atoms with Gasteiger partial charge in [-0.05, 0) is 12.1 Å². The van der Waals surface area contributed by atoms with Crippen LogP contribution in [0.25, 0.3) is 0 Å². The lowest BCUT2D eigenvalue weighted by Gasteiger charge is -2.37. The fourth-order valence-electron chi connectivity index (χ4n) is 2.28. The van der Waals surface area contributed by atoms with Gasteiger partial charge in [-0.25, -0.2) is 0 Å². The van der Waals surface area contributed by atoms with Crippen molar-refractivity contribution in [3.8, 4) is 0 Å². The summed E-state index contributed by atoms with van der Waals surface area (Å²) in [5, 5.41) is 0. The van der Waals surface area contributed by atoms with E-state index in [9.17, 15) is 0 Å². The molecule has 1 aromatic rings. The molecule has 1 heterocycles. The molecule has 0 atom stereocenters. The summed E-state index contributed by atoms with van der Waals surface area (Å²) in [6, 6.07) is 10.6. The summed E-state index contributed by atoms with van der Waals surface area (Å²) in [4.78, 5) is 4.81. The van der Waals surface area contributed by atoms with E-state index in [1.807, 2.05) is 0 Å². The van der Waals surface area contributed by atoms with E-state index < -0.39 is 0 Å². The van der Waals surface area contributed by atoms with Crippen LogP contribution in [0.5, 0.6) is 0 Å². The molecule has 0 aliphatic carbocycles. The van der Waals surface area contributed by atoms with Crippen molar-refractivity contribution in [1.82, 2.24) is 4.90 Å². The van der Waals surface area contributed by atoms with E-state index in [4.69, 9.17) is 9.47 Å². The molecule has 0 N–H and O–H groups in total. The predicted molar refractivity (Wildman–Crippen MR) is 72.9 cm³/mol. The Labute approximate surface area is 109 Å². The van der Waals surface area contributed by atoms with Crippen LogP contribution in [0.15, 0.2) is 30.3 Å². The number of benzene rings is 1. The van der Waals surface area contributed by atoms with Crippen molar-refractivity contribution >= 4 is 5.69 Å². The largest absolute Gasteiger partial charge is 0.369 e. The number of ether oxygens (including phenoxy) is 2. The number of anilines is 1. The lowest BCUT2D eigenvalue weighted by Crippen LogP contribution is -2.49. The molecule has 1 aromatic carbocycles.